The zero-order valence-electron chi connectivity index (χ0n) is 16.2. The molecular weight excluding hydrogens is 398 g/mol. The normalized spacial score (nSPS) is 18.3. The lowest BCUT2D eigenvalue weighted by Crippen LogP contribution is -2.48. The van der Waals surface area contributed by atoms with Gasteiger partial charge in [0.15, 0.2) is 0 Å². The van der Waals surface area contributed by atoms with Crippen molar-refractivity contribution in [1.29, 1.82) is 0 Å². The van der Waals surface area contributed by atoms with E-state index in [1.165, 1.54) is 18.2 Å². The highest BCUT2D eigenvalue weighted by Gasteiger charge is 2.25. The van der Waals surface area contributed by atoms with Crippen LogP contribution in [0.3, 0.4) is 0 Å². The number of non-ortho nitro benzene ring substituents is 1. The smallest absolute Gasteiger partial charge is 0.270 e. The molecule has 2 unspecified atom stereocenters. The van der Waals surface area contributed by atoms with Gasteiger partial charge in [-0.25, -0.2) is 0 Å². The van der Waals surface area contributed by atoms with Gasteiger partial charge in [-0.05, 0) is 55.8 Å². The first kappa shape index (κ1) is 22.4. The average molecular weight is 422 g/mol. The third-order valence-electron chi connectivity index (χ3n) is 4.81. The van der Waals surface area contributed by atoms with Gasteiger partial charge in [0.1, 0.15) is 17.2 Å². The molecule has 2 atom stereocenters. The molecule has 0 bridgehead atoms. The summed E-state index contributed by atoms with van der Waals surface area (Å²) in [7, 11) is 1.57. The number of carbonyl (C=O) groups is 1. The van der Waals surface area contributed by atoms with Crippen molar-refractivity contribution in [2.45, 2.75) is 19.4 Å². The van der Waals surface area contributed by atoms with Gasteiger partial charge in [-0.1, -0.05) is 6.92 Å². The van der Waals surface area contributed by atoms with Crippen molar-refractivity contribution in [3.8, 4) is 17.2 Å². The van der Waals surface area contributed by atoms with E-state index in [1.807, 2.05) is 0 Å². The second-order valence-electron chi connectivity index (χ2n) is 6.77. The number of amides is 1. The van der Waals surface area contributed by atoms with E-state index in [9.17, 15) is 14.9 Å². The first-order valence-corrected chi connectivity index (χ1v) is 9.10. The topological polar surface area (TPSA) is 103 Å². The lowest BCUT2D eigenvalue weighted by molar-refractivity contribution is -0.384. The van der Waals surface area contributed by atoms with E-state index in [0.29, 0.717) is 11.5 Å². The summed E-state index contributed by atoms with van der Waals surface area (Å²) in [6, 6.07) is 10.9. The molecule has 1 saturated heterocycles. The largest absolute Gasteiger partial charge is 0.497 e. The third-order valence-corrected chi connectivity index (χ3v) is 4.81. The van der Waals surface area contributed by atoms with Crippen LogP contribution in [0.5, 0.6) is 17.2 Å². The van der Waals surface area contributed by atoms with Crippen molar-refractivity contribution in [3.63, 3.8) is 0 Å². The van der Waals surface area contributed by atoms with Crippen LogP contribution < -0.4 is 20.1 Å². The first-order valence-electron chi connectivity index (χ1n) is 9.10. The quantitative estimate of drug-likeness (QED) is 0.546. The van der Waals surface area contributed by atoms with Gasteiger partial charge in [-0.15, -0.1) is 12.4 Å². The number of nitrogens with zero attached hydrogens (tertiary/aromatic N) is 1. The molecule has 29 heavy (non-hydrogen) atoms. The van der Waals surface area contributed by atoms with E-state index in [2.05, 4.69) is 17.6 Å². The van der Waals surface area contributed by atoms with Gasteiger partial charge >= 0.3 is 0 Å². The van der Waals surface area contributed by atoms with E-state index in [1.54, 1.807) is 31.4 Å². The molecule has 1 fully saturated rings. The Hall–Kier alpha value is -2.84. The maximum atomic E-state index is 12.9. The van der Waals surface area contributed by atoms with Crippen LogP contribution in [-0.4, -0.2) is 37.1 Å². The van der Waals surface area contributed by atoms with E-state index >= 15 is 0 Å². The van der Waals surface area contributed by atoms with Crippen LogP contribution in [0, 0.1) is 16.0 Å². The van der Waals surface area contributed by atoms with E-state index < -0.39 is 4.92 Å². The van der Waals surface area contributed by atoms with E-state index in [0.717, 1.165) is 19.5 Å². The number of nitro benzene ring substituents is 1. The molecular formula is C20H24ClN3O5. The zero-order valence-corrected chi connectivity index (χ0v) is 17.0. The number of rotatable bonds is 6. The van der Waals surface area contributed by atoms with Gasteiger partial charge in [-0.2, -0.15) is 0 Å². The Balaban J connectivity index is 0.00000300. The standard InChI is InChI=1S/C20H23N3O5.ClH/c1-13-12-21-10-9-18(13)22-20(24)17-11-14(23(25)26)3-8-19(17)28-16-6-4-15(27-2)5-7-16;/h3-8,11,13,18,21H,9-10,12H2,1-2H3,(H,22,24);1H. The van der Waals surface area contributed by atoms with Gasteiger partial charge in [0.05, 0.1) is 17.6 Å². The molecule has 0 spiro atoms. The number of methoxy groups -OCH3 is 1. The number of benzene rings is 2. The third kappa shape index (κ3) is 5.58. The Morgan fingerprint density at radius 2 is 1.90 bits per heavy atom. The first-order chi connectivity index (χ1) is 13.5. The molecule has 1 aliphatic heterocycles. The Kier molecular flexibility index (Phi) is 7.81. The van der Waals surface area contributed by atoms with Crippen LogP contribution in [-0.2, 0) is 0 Å². The molecule has 1 amide bonds. The summed E-state index contributed by atoms with van der Waals surface area (Å²) in [4.78, 5) is 23.5. The van der Waals surface area contributed by atoms with Crippen LogP contribution in [0.15, 0.2) is 42.5 Å². The van der Waals surface area contributed by atoms with Crippen LogP contribution in [0.4, 0.5) is 5.69 Å². The fraction of sp³-hybridized carbons (Fsp3) is 0.350. The minimum atomic E-state index is -0.527. The molecule has 2 aromatic carbocycles. The van der Waals surface area contributed by atoms with Crippen molar-refractivity contribution < 1.29 is 19.2 Å². The minimum absolute atomic E-state index is 0. The Morgan fingerprint density at radius 1 is 1.21 bits per heavy atom. The van der Waals surface area contributed by atoms with Gasteiger partial charge in [0.25, 0.3) is 11.6 Å². The highest BCUT2D eigenvalue weighted by molar-refractivity contribution is 5.98. The van der Waals surface area contributed by atoms with Crippen LogP contribution in [0.25, 0.3) is 0 Å². The summed E-state index contributed by atoms with van der Waals surface area (Å²) in [5, 5.41) is 17.4. The van der Waals surface area contributed by atoms with Crippen LogP contribution >= 0.6 is 12.4 Å². The number of ether oxygens (including phenoxy) is 2. The Morgan fingerprint density at radius 3 is 2.52 bits per heavy atom. The van der Waals surface area contributed by atoms with Gasteiger partial charge in [0, 0.05) is 18.2 Å². The number of nitro groups is 1. The fourth-order valence-electron chi connectivity index (χ4n) is 3.14. The number of carbonyl (C=O) groups excluding carboxylic acids is 1. The highest BCUT2D eigenvalue weighted by atomic mass is 35.5. The molecule has 1 heterocycles. The average Bonchev–Trinajstić information content (AvgIpc) is 2.70. The van der Waals surface area contributed by atoms with Gasteiger partial charge in [-0.3, -0.25) is 14.9 Å². The lowest BCUT2D eigenvalue weighted by atomic mass is 9.95. The predicted molar refractivity (Wildman–Crippen MR) is 111 cm³/mol. The molecule has 156 valence electrons. The Labute approximate surface area is 175 Å². The van der Waals surface area contributed by atoms with Gasteiger partial charge in [0.2, 0.25) is 0 Å². The summed E-state index contributed by atoms with van der Waals surface area (Å²) in [6.45, 7) is 3.69. The zero-order chi connectivity index (χ0) is 20.1. The molecule has 2 aromatic rings. The molecule has 0 saturated carbocycles. The summed E-state index contributed by atoms with van der Waals surface area (Å²) in [5.74, 6) is 1.32. The summed E-state index contributed by atoms with van der Waals surface area (Å²) < 4.78 is 10.9. The van der Waals surface area contributed by atoms with Crippen LogP contribution in [0.2, 0.25) is 0 Å². The monoisotopic (exact) mass is 421 g/mol. The molecule has 1 aliphatic rings. The second kappa shape index (κ2) is 10.1. The summed E-state index contributed by atoms with van der Waals surface area (Å²) in [6.07, 6.45) is 0.802. The molecule has 8 nitrogen and oxygen atoms in total. The van der Waals surface area contributed by atoms with Gasteiger partial charge < -0.3 is 20.1 Å². The molecule has 0 radical (unpaired) electrons. The van der Waals surface area contributed by atoms with Crippen molar-refractivity contribution in [2.75, 3.05) is 20.2 Å². The van der Waals surface area contributed by atoms with Crippen molar-refractivity contribution in [3.05, 3.63) is 58.1 Å². The number of hydrogen-bond donors (Lipinski definition) is 2. The number of nitrogens with one attached hydrogen (secondary N) is 2. The number of piperidine rings is 1. The SMILES string of the molecule is COc1ccc(Oc2ccc([N+](=O)[O-])cc2C(=O)NC2CCNCC2C)cc1.Cl. The van der Waals surface area contributed by atoms with Crippen molar-refractivity contribution >= 4 is 24.0 Å². The highest BCUT2D eigenvalue weighted by Crippen LogP contribution is 2.30. The maximum absolute atomic E-state index is 12.9. The van der Waals surface area contributed by atoms with Crippen molar-refractivity contribution in [1.82, 2.24) is 10.6 Å². The molecule has 0 aliphatic carbocycles. The molecule has 2 N–H and O–H groups in total. The molecule has 9 heteroatoms. The fourth-order valence-corrected chi connectivity index (χ4v) is 3.14. The summed E-state index contributed by atoms with van der Waals surface area (Å²) in [5.41, 5.74) is -0.0265. The number of halogens is 1. The maximum Gasteiger partial charge on any atom is 0.270 e. The van der Waals surface area contributed by atoms with Crippen molar-refractivity contribution in [2.24, 2.45) is 5.92 Å². The molecule has 3 rings (SSSR count). The predicted octanol–water partition coefficient (Wildman–Crippen LogP) is 3.55. The lowest BCUT2D eigenvalue weighted by Gasteiger charge is -2.30. The second-order valence-corrected chi connectivity index (χ2v) is 6.77. The number of hydrogen-bond acceptors (Lipinski definition) is 6. The van der Waals surface area contributed by atoms with E-state index in [4.69, 9.17) is 9.47 Å². The minimum Gasteiger partial charge on any atom is -0.497 e. The summed E-state index contributed by atoms with van der Waals surface area (Å²) >= 11 is 0. The molecule has 0 aromatic heterocycles. The van der Waals surface area contributed by atoms with Crippen LogP contribution in [0.1, 0.15) is 23.7 Å². The Bertz CT molecular complexity index is 860. The van der Waals surface area contributed by atoms with E-state index in [-0.39, 0.29) is 47.3 Å².